The van der Waals surface area contributed by atoms with Gasteiger partial charge in [0.15, 0.2) is 0 Å². The highest BCUT2D eigenvalue weighted by Gasteiger charge is 2.23. The van der Waals surface area contributed by atoms with Gasteiger partial charge in [0, 0.05) is 16.3 Å². The Morgan fingerprint density at radius 3 is 2.80 bits per heavy atom. The molecule has 2 aromatic rings. The Balaban J connectivity index is 1.73. The molecule has 0 fully saturated rings. The number of sulfonamides is 1. The van der Waals surface area contributed by atoms with Crippen LogP contribution in [0.3, 0.4) is 0 Å². The zero-order valence-electron chi connectivity index (χ0n) is 13.0. The van der Waals surface area contributed by atoms with E-state index in [1.165, 1.54) is 30.3 Å². The third-order valence-electron chi connectivity index (χ3n) is 3.74. The Kier molecular flexibility index (Phi) is 4.98. The maximum atomic E-state index is 13.5. The van der Waals surface area contributed by atoms with Gasteiger partial charge in [-0.3, -0.25) is 0 Å². The van der Waals surface area contributed by atoms with Crippen LogP contribution in [0.2, 0.25) is 0 Å². The van der Waals surface area contributed by atoms with E-state index < -0.39 is 16.1 Å². The van der Waals surface area contributed by atoms with Crippen molar-refractivity contribution in [2.45, 2.75) is 22.3 Å². The van der Waals surface area contributed by atoms with Crippen molar-refractivity contribution in [1.29, 1.82) is 0 Å². The van der Waals surface area contributed by atoms with Crippen LogP contribution < -0.4 is 15.8 Å². The van der Waals surface area contributed by atoms with Gasteiger partial charge in [0.1, 0.15) is 5.82 Å². The highest BCUT2D eigenvalue weighted by atomic mass is 32.2. The Morgan fingerprint density at radius 2 is 2.04 bits per heavy atom. The fourth-order valence-electron chi connectivity index (χ4n) is 2.59. The maximum absolute atomic E-state index is 13.5. The van der Waals surface area contributed by atoms with Crippen molar-refractivity contribution in [3.05, 3.63) is 53.8 Å². The first kappa shape index (κ1) is 17.7. The van der Waals surface area contributed by atoms with Crippen molar-refractivity contribution in [1.82, 2.24) is 5.32 Å². The number of halogens is 1. The third-order valence-corrected chi connectivity index (χ3v) is 5.77. The number of urea groups is 1. The van der Waals surface area contributed by atoms with Crippen LogP contribution in [0.25, 0.3) is 0 Å². The number of amides is 2. The maximum Gasteiger partial charge on any atom is 0.319 e. The summed E-state index contributed by atoms with van der Waals surface area (Å²) in [5.74, 6) is 0.458. The first-order chi connectivity index (χ1) is 11.8. The number of nitrogens with one attached hydrogen (secondary N) is 2. The second-order valence-corrected chi connectivity index (χ2v) is 8.24. The molecule has 1 heterocycles. The molecule has 25 heavy (non-hydrogen) atoms. The predicted molar refractivity (Wildman–Crippen MR) is 94.5 cm³/mol. The summed E-state index contributed by atoms with van der Waals surface area (Å²) >= 11 is 1.62. The van der Waals surface area contributed by atoms with Gasteiger partial charge in [-0.2, -0.15) is 0 Å². The zero-order chi connectivity index (χ0) is 18.0. The van der Waals surface area contributed by atoms with Gasteiger partial charge < -0.3 is 10.6 Å². The van der Waals surface area contributed by atoms with E-state index in [2.05, 4.69) is 10.6 Å². The normalized spacial score (nSPS) is 16.8. The van der Waals surface area contributed by atoms with Gasteiger partial charge in [-0.1, -0.05) is 6.07 Å². The molecule has 1 unspecified atom stereocenters. The molecule has 1 aliphatic rings. The summed E-state index contributed by atoms with van der Waals surface area (Å²) in [6, 6.07) is 9.37. The summed E-state index contributed by atoms with van der Waals surface area (Å²) in [4.78, 5) is 13.1. The smallest absolute Gasteiger partial charge is 0.319 e. The van der Waals surface area contributed by atoms with E-state index in [0.717, 1.165) is 16.2 Å². The second kappa shape index (κ2) is 7.03. The number of benzene rings is 2. The molecule has 9 heteroatoms. The highest BCUT2D eigenvalue weighted by Crippen LogP contribution is 2.36. The van der Waals surface area contributed by atoms with Gasteiger partial charge in [0.2, 0.25) is 10.0 Å². The number of primary sulfonamides is 1. The molecule has 1 atom stereocenters. The number of rotatable bonds is 3. The topological polar surface area (TPSA) is 101 Å². The lowest BCUT2D eigenvalue weighted by Crippen LogP contribution is -2.34. The molecule has 4 N–H and O–H groups in total. The van der Waals surface area contributed by atoms with E-state index in [-0.39, 0.29) is 16.8 Å². The van der Waals surface area contributed by atoms with Gasteiger partial charge in [-0.15, -0.1) is 11.8 Å². The lowest BCUT2D eigenvalue weighted by molar-refractivity contribution is 0.248. The molecule has 1 aliphatic heterocycles. The van der Waals surface area contributed by atoms with Crippen LogP contribution in [0.15, 0.2) is 52.3 Å². The molecule has 132 valence electrons. The monoisotopic (exact) mass is 381 g/mol. The van der Waals surface area contributed by atoms with Crippen LogP contribution in [0.5, 0.6) is 0 Å². The number of hydrogen-bond donors (Lipinski definition) is 3. The van der Waals surface area contributed by atoms with E-state index in [1.807, 2.05) is 0 Å². The molecule has 2 amide bonds. The summed E-state index contributed by atoms with van der Waals surface area (Å²) in [5, 5.41) is 10.5. The summed E-state index contributed by atoms with van der Waals surface area (Å²) in [5.41, 5.74) is 1.04. The van der Waals surface area contributed by atoms with Crippen molar-refractivity contribution in [3.8, 4) is 0 Å². The lowest BCUT2D eigenvalue weighted by Gasteiger charge is -2.26. The molecule has 0 aromatic heterocycles. The fourth-order valence-corrected chi connectivity index (χ4v) is 4.26. The predicted octanol–water partition coefficient (Wildman–Crippen LogP) is 2.83. The van der Waals surface area contributed by atoms with Gasteiger partial charge >= 0.3 is 6.03 Å². The largest absolute Gasteiger partial charge is 0.331 e. The Labute approximate surface area is 149 Å². The van der Waals surface area contributed by atoms with Crippen molar-refractivity contribution in [2.24, 2.45) is 5.14 Å². The van der Waals surface area contributed by atoms with E-state index in [9.17, 15) is 17.6 Å². The van der Waals surface area contributed by atoms with Gasteiger partial charge in [0.25, 0.3) is 0 Å². The molecule has 0 saturated carbocycles. The number of thioether (sulfide) groups is 1. The number of hydrogen-bond acceptors (Lipinski definition) is 4. The average molecular weight is 381 g/mol. The first-order valence-electron chi connectivity index (χ1n) is 7.45. The standard InChI is InChI=1S/C16H16FN3O3S2/c17-10-4-5-15-13(8-10)14(6-7-24-15)20-16(21)19-11-2-1-3-12(9-11)25(18,22)23/h1-5,8-9,14H,6-7H2,(H2,18,22,23)(H2,19,20,21). The molecule has 0 aliphatic carbocycles. The molecule has 3 rings (SSSR count). The van der Waals surface area contributed by atoms with Crippen LogP contribution in [-0.4, -0.2) is 20.2 Å². The second-order valence-electron chi connectivity index (χ2n) is 5.54. The average Bonchev–Trinajstić information content (AvgIpc) is 2.55. The minimum atomic E-state index is -3.85. The number of anilines is 1. The van der Waals surface area contributed by atoms with E-state index in [1.54, 1.807) is 23.9 Å². The first-order valence-corrected chi connectivity index (χ1v) is 9.99. The third kappa shape index (κ3) is 4.30. The molecule has 2 aromatic carbocycles. The van der Waals surface area contributed by atoms with Crippen LogP contribution in [-0.2, 0) is 10.0 Å². The van der Waals surface area contributed by atoms with Crippen molar-refractivity contribution < 1.29 is 17.6 Å². The van der Waals surface area contributed by atoms with Crippen LogP contribution in [0.1, 0.15) is 18.0 Å². The summed E-state index contributed by atoms with van der Waals surface area (Å²) in [6.45, 7) is 0. The molecule has 6 nitrogen and oxygen atoms in total. The fraction of sp³-hybridized carbons (Fsp3) is 0.188. The lowest BCUT2D eigenvalue weighted by atomic mass is 10.0. The summed E-state index contributed by atoms with van der Waals surface area (Å²) in [6.07, 6.45) is 0.672. The van der Waals surface area contributed by atoms with Crippen molar-refractivity contribution in [2.75, 3.05) is 11.1 Å². The van der Waals surface area contributed by atoms with Crippen molar-refractivity contribution in [3.63, 3.8) is 0 Å². The number of fused-ring (bicyclic) bond motifs is 1. The molecule has 0 spiro atoms. The van der Waals surface area contributed by atoms with Crippen molar-refractivity contribution >= 4 is 33.5 Å². The quantitative estimate of drug-likeness (QED) is 0.761. The zero-order valence-corrected chi connectivity index (χ0v) is 14.7. The van der Waals surface area contributed by atoms with Crippen LogP contribution >= 0.6 is 11.8 Å². The summed E-state index contributed by atoms with van der Waals surface area (Å²) in [7, 11) is -3.85. The Bertz CT molecular complexity index is 919. The highest BCUT2D eigenvalue weighted by molar-refractivity contribution is 7.99. The van der Waals surface area contributed by atoms with E-state index in [4.69, 9.17) is 5.14 Å². The van der Waals surface area contributed by atoms with Gasteiger partial charge in [0.05, 0.1) is 10.9 Å². The number of nitrogens with two attached hydrogens (primary N) is 1. The van der Waals surface area contributed by atoms with Gasteiger partial charge in [-0.25, -0.2) is 22.7 Å². The molecule has 0 radical (unpaired) electrons. The number of carbonyl (C=O) groups excluding carboxylic acids is 1. The molecule has 0 bridgehead atoms. The summed E-state index contributed by atoms with van der Waals surface area (Å²) < 4.78 is 36.2. The minimum absolute atomic E-state index is 0.0909. The Hall–Kier alpha value is -2.10. The van der Waals surface area contributed by atoms with Crippen LogP contribution in [0, 0.1) is 5.82 Å². The minimum Gasteiger partial charge on any atom is -0.331 e. The van der Waals surface area contributed by atoms with E-state index >= 15 is 0 Å². The Morgan fingerprint density at radius 1 is 1.24 bits per heavy atom. The number of carbonyl (C=O) groups is 1. The van der Waals surface area contributed by atoms with Gasteiger partial charge in [-0.05, 0) is 48.4 Å². The SMILES string of the molecule is NS(=O)(=O)c1cccc(NC(=O)NC2CCSc3ccc(F)cc32)c1. The van der Waals surface area contributed by atoms with Crippen LogP contribution in [0.4, 0.5) is 14.9 Å². The van der Waals surface area contributed by atoms with E-state index in [0.29, 0.717) is 12.1 Å². The molecular weight excluding hydrogens is 365 g/mol. The molecule has 0 saturated heterocycles. The molecular formula is C16H16FN3O3S2.